The molecular formula is C16H22N6O2. The largest absolute Gasteiger partial charge is 0.338 e. The molecule has 0 aromatic carbocycles. The lowest BCUT2D eigenvalue weighted by molar-refractivity contribution is -0.136. The lowest BCUT2D eigenvalue weighted by Crippen LogP contribution is -2.41. The van der Waals surface area contributed by atoms with Crippen LogP contribution in [0.1, 0.15) is 44.3 Å². The third-order valence-electron chi connectivity index (χ3n) is 5.24. The van der Waals surface area contributed by atoms with Gasteiger partial charge in [-0.3, -0.25) is 9.59 Å². The maximum atomic E-state index is 12.8. The maximum Gasteiger partial charge on any atom is 0.281 e. The van der Waals surface area contributed by atoms with E-state index in [2.05, 4.69) is 20.3 Å². The summed E-state index contributed by atoms with van der Waals surface area (Å²) in [6.45, 7) is 3.11. The molecule has 128 valence electrons. The number of nitrogens with one attached hydrogen (secondary N) is 1. The number of aromatic nitrogens is 5. The fraction of sp³-hybridized carbons (Fsp3) is 0.688. The molecule has 0 radical (unpaired) electrons. The molecule has 1 saturated heterocycles. The third kappa shape index (κ3) is 2.59. The van der Waals surface area contributed by atoms with Gasteiger partial charge in [-0.1, -0.05) is 18.1 Å². The number of carbonyl (C=O) groups is 1. The van der Waals surface area contributed by atoms with E-state index in [1.807, 2.05) is 4.90 Å². The Morgan fingerprint density at radius 1 is 1.25 bits per heavy atom. The van der Waals surface area contributed by atoms with E-state index in [1.54, 1.807) is 11.6 Å². The monoisotopic (exact) mass is 330 g/mol. The molecular weight excluding hydrogens is 308 g/mol. The van der Waals surface area contributed by atoms with Crippen molar-refractivity contribution in [1.82, 2.24) is 29.9 Å². The first-order valence-electron chi connectivity index (χ1n) is 8.74. The van der Waals surface area contributed by atoms with E-state index in [0.717, 1.165) is 45.1 Å². The number of aryl methyl sites for hydroxylation is 1. The normalized spacial score (nSPS) is 21.9. The second kappa shape index (κ2) is 5.99. The number of fused-ring (bicyclic) bond motifs is 1. The number of hydrogen-bond acceptors (Lipinski definition) is 5. The summed E-state index contributed by atoms with van der Waals surface area (Å²) < 4.78 is 1.67. The molecule has 1 aliphatic carbocycles. The molecule has 2 aromatic heterocycles. The summed E-state index contributed by atoms with van der Waals surface area (Å²) in [4.78, 5) is 33.7. The predicted molar refractivity (Wildman–Crippen MR) is 87.4 cm³/mol. The number of amides is 1. The van der Waals surface area contributed by atoms with Gasteiger partial charge in [-0.05, 0) is 32.6 Å². The molecule has 2 fully saturated rings. The van der Waals surface area contributed by atoms with Crippen molar-refractivity contribution in [1.29, 1.82) is 0 Å². The van der Waals surface area contributed by atoms with Crippen LogP contribution in [0.15, 0.2) is 4.79 Å². The average molecular weight is 330 g/mol. The molecule has 2 aliphatic rings. The molecule has 8 nitrogen and oxygen atoms in total. The summed E-state index contributed by atoms with van der Waals surface area (Å²) in [5.74, 6) is 1.03. The summed E-state index contributed by atoms with van der Waals surface area (Å²) in [5.41, 5.74) is 0.484. The van der Waals surface area contributed by atoms with E-state index in [-0.39, 0.29) is 23.0 Å². The van der Waals surface area contributed by atoms with Crippen molar-refractivity contribution in [3.63, 3.8) is 0 Å². The minimum absolute atomic E-state index is 0.115. The smallest absolute Gasteiger partial charge is 0.281 e. The van der Waals surface area contributed by atoms with E-state index in [4.69, 9.17) is 0 Å². The van der Waals surface area contributed by atoms with Gasteiger partial charge in [0.15, 0.2) is 11.2 Å². The van der Waals surface area contributed by atoms with E-state index in [9.17, 15) is 9.59 Å². The van der Waals surface area contributed by atoms with E-state index in [1.165, 1.54) is 0 Å². The number of likely N-dealkylation sites (tertiary alicyclic amines) is 1. The Morgan fingerprint density at radius 3 is 2.83 bits per heavy atom. The van der Waals surface area contributed by atoms with Gasteiger partial charge < -0.3 is 9.88 Å². The number of aromatic amines is 1. The average Bonchev–Trinajstić information content (AvgIpc) is 3.28. The van der Waals surface area contributed by atoms with Gasteiger partial charge in [0.1, 0.15) is 5.82 Å². The molecule has 1 N–H and O–H groups in total. The zero-order valence-corrected chi connectivity index (χ0v) is 13.9. The zero-order valence-electron chi connectivity index (χ0n) is 13.9. The van der Waals surface area contributed by atoms with Crippen LogP contribution in [0.4, 0.5) is 0 Å². The van der Waals surface area contributed by atoms with Crippen LogP contribution in [0.2, 0.25) is 0 Å². The van der Waals surface area contributed by atoms with Gasteiger partial charge in [0, 0.05) is 12.5 Å². The van der Waals surface area contributed by atoms with Gasteiger partial charge in [-0.2, -0.15) is 0 Å². The number of carbonyl (C=O) groups excluding carboxylic acids is 1. The van der Waals surface area contributed by atoms with Crippen molar-refractivity contribution < 1.29 is 4.79 Å². The summed E-state index contributed by atoms with van der Waals surface area (Å²) >= 11 is 0. The highest BCUT2D eigenvalue weighted by Gasteiger charge is 2.34. The molecule has 8 heteroatoms. The van der Waals surface area contributed by atoms with Crippen molar-refractivity contribution in [3.8, 4) is 0 Å². The molecule has 0 bridgehead atoms. The Kier molecular flexibility index (Phi) is 3.82. The van der Waals surface area contributed by atoms with Crippen molar-refractivity contribution in [2.45, 2.75) is 58.0 Å². The highest BCUT2D eigenvalue weighted by molar-refractivity contribution is 5.79. The van der Waals surface area contributed by atoms with Gasteiger partial charge in [0.05, 0.1) is 12.6 Å². The first-order valence-corrected chi connectivity index (χ1v) is 8.74. The molecule has 1 amide bonds. The number of rotatable bonds is 3. The van der Waals surface area contributed by atoms with Crippen LogP contribution >= 0.6 is 0 Å². The molecule has 24 heavy (non-hydrogen) atoms. The van der Waals surface area contributed by atoms with E-state index < -0.39 is 0 Å². The molecule has 4 rings (SSSR count). The van der Waals surface area contributed by atoms with Gasteiger partial charge >= 0.3 is 0 Å². The Morgan fingerprint density at radius 2 is 2.04 bits per heavy atom. The third-order valence-corrected chi connectivity index (χ3v) is 5.24. The Labute approximate surface area is 139 Å². The van der Waals surface area contributed by atoms with Crippen molar-refractivity contribution in [2.24, 2.45) is 5.92 Å². The second-order valence-electron chi connectivity index (χ2n) is 6.90. The minimum Gasteiger partial charge on any atom is -0.338 e. The maximum absolute atomic E-state index is 12.8. The van der Waals surface area contributed by atoms with Crippen LogP contribution in [-0.4, -0.2) is 48.4 Å². The predicted octanol–water partition coefficient (Wildman–Crippen LogP) is 1.00. The summed E-state index contributed by atoms with van der Waals surface area (Å²) in [5, 5.41) is 8.05. The lowest BCUT2D eigenvalue weighted by atomic mass is 10.1. The highest BCUT2D eigenvalue weighted by Crippen LogP contribution is 2.30. The summed E-state index contributed by atoms with van der Waals surface area (Å²) in [6.07, 6.45) is 6.34. The van der Waals surface area contributed by atoms with Crippen LogP contribution in [-0.2, 0) is 11.3 Å². The first-order chi connectivity index (χ1) is 11.6. The van der Waals surface area contributed by atoms with Crippen molar-refractivity contribution in [2.75, 3.05) is 6.54 Å². The SMILES string of the molecule is Cc1nc2c(nnn2C[C@H]2CCCN2C(=O)C2CCCC2)c(=O)[nH]1. The minimum atomic E-state index is -0.269. The Bertz CT molecular complexity index is 820. The zero-order chi connectivity index (χ0) is 16.7. The van der Waals surface area contributed by atoms with Crippen LogP contribution in [0, 0.1) is 12.8 Å². The number of H-pyrrole nitrogens is 1. The molecule has 0 spiro atoms. The van der Waals surface area contributed by atoms with Crippen molar-refractivity contribution in [3.05, 3.63) is 16.2 Å². The fourth-order valence-corrected chi connectivity index (χ4v) is 4.02. The molecule has 2 aromatic rings. The van der Waals surface area contributed by atoms with Gasteiger partial charge in [-0.15, -0.1) is 5.10 Å². The summed E-state index contributed by atoms with van der Waals surface area (Å²) in [7, 11) is 0. The fourth-order valence-electron chi connectivity index (χ4n) is 4.02. The number of nitrogens with zero attached hydrogens (tertiary/aromatic N) is 5. The van der Waals surface area contributed by atoms with Crippen LogP contribution in [0.25, 0.3) is 11.2 Å². The Hall–Kier alpha value is -2.25. The molecule has 1 atom stereocenters. The first kappa shape index (κ1) is 15.3. The van der Waals surface area contributed by atoms with Gasteiger partial charge in [0.2, 0.25) is 5.91 Å². The van der Waals surface area contributed by atoms with Gasteiger partial charge in [0.25, 0.3) is 5.56 Å². The van der Waals surface area contributed by atoms with Crippen LogP contribution in [0.5, 0.6) is 0 Å². The number of hydrogen-bond donors (Lipinski definition) is 1. The molecule has 3 heterocycles. The van der Waals surface area contributed by atoms with E-state index in [0.29, 0.717) is 23.9 Å². The second-order valence-corrected chi connectivity index (χ2v) is 6.90. The highest BCUT2D eigenvalue weighted by atomic mass is 16.2. The molecule has 1 saturated carbocycles. The summed E-state index contributed by atoms with van der Waals surface area (Å²) in [6, 6.07) is 0.115. The quantitative estimate of drug-likeness (QED) is 0.906. The Balaban J connectivity index is 1.58. The molecule has 0 unspecified atom stereocenters. The van der Waals surface area contributed by atoms with Gasteiger partial charge in [-0.25, -0.2) is 9.67 Å². The van der Waals surface area contributed by atoms with Crippen LogP contribution in [0.3, 0.4) is 0 Å². The lowest BCUT2D eigenvalue weighted by Gasteiger charge is -2.27. The van der Waals surface area contributed by atoms with Crippen LogP contribution < -0.4 is 5.56 Å². The van der Waals surface area contributed by atoms with Crippen molar-refractivity contribution >= 4 is 17.1 Å². The topological polar surface area (TPSA) is 96.8 Å². The van der Waals surface area contributed by atoms with E-state index >= 15 is 0 Å². The standard InChI is InChI=1S/C16H22N6O2/c1-10-17-14-13(15(23)18-10)19-20-22(14)9-12-7-4-8-21(12)16(24)11-5-2-3-6-11/h11-12H,2-9H2,1H3,(H,17,18,23)/t12-/m1/s1. The molecule has 1 aliphatic heterocycles.